The number of unbranched alkanes of at least 4 members (excludes halogenated alkanes) is 1. The van der Waals surface area contributed by atoms with Crippen molar-refractivity contribution in [2.75, 3.05) is 0 Å². The summed E-state index contributed by atoms with van der Waals surface area (Å²) in [6.45, 7) is 9.70. The van der Waals surface area contributed by atoms with Crippen molar-refractivity contribution >= 4 is 21.7 Å². The third kappa shape index (κ3) is 6.72. The van der Waals surface area contributed by atoms with Crippen LogP contribution in [-0.4, -0.2) is 9.52 Å². The van der Waals surface area contributed by atoms with E-state index in [0.29, 0.717) is 24.5 Å². The molecule has 4 aromatic carbocycles. The van der Waals surface area contributed by atoms with Crippen molar-refractivity contribution in [1.29, 1.82) is 0 Å². The third-order valence-corrected chi connectivity index (χ3v) is 20.2. The number of rotatable bonds is 10. The van der Waals surface area contributed by atoms with Gasteiger partial charge in [-0.2, -0.15) is 0 Å². The van der Waals surface area contributed by atoms with Crippen LogP contribution in [-0.2, 0) is 22.9 Å². The zero-order valence-electron chi connectivity index (χ0n) is 28.6. The Morgan fingerprint density at radius 1 is 0.630 bits per heavy atom. The first-order valence-electron chi connectivity index (χ1n) is 18.1. The molecular weight excluding hydrogens is 735 g/mol. The van der Waals surface area contributed by atoms with E-state index in [4.69, 9.17) is 0 Å². The molecule has 236 valence electrons. The van der Waals surface area contributed by atoms with Crippen molar-refractivity contribution in [3.05, 3.63) is 130 Å². The van der Waals surface area contributed by atoms with E-state index < -0.39 is 22.9 Å². The van der Waals surface area contributed by atoms with Gasteiger partial charge in [-0.3, -0.25) is 0 Å². The van der Waals surface area contributed by atoms with Crippen LogP contribution in [0.25, 0.3) is 34.4 Å². The van der Waals surface area contributed by atoms with Crippen LogP contribution in [0.15, 0.2) is 108 Å². The molecular formula is C44H52HfSi. The predicted molar refractivity (Wildman–Crippen MR) is 201 cm³/mol. The maximum atomic E-state index is 2.56. The Bertz CT molecular complexity index is 1540. The van der Waals surface area contributed by atoms with E-state index in [1.807, 2.05) is 0 Å². The minimum absolute atomic E-state index is 0.326. The SMILES string of the molecule is C1CC[SiH2]C1.CCC[CH2][Hf][C](CCC)(C1C(C)=Cc2c(-c3ccccc3)cccc21)C1C(C)=Cc2c(-c3ccccc3)cccc21. The van der Waals surface area contributed by atoms with E-state index in [9.17, 15) is 0 Å². The van der Waals surface area contributed by atoms with Gasteiger partial charge in [0.15, 0.2) is 0 Å². The second-order valence-corrected chi connectivity index (χ2v) is 22.4. The van der Waals surface area contributed by atoms with Gasteiger partial charge in [0.1, 0.15) is 0 Å². The normalized spacial score (nSPS) is 19.3. The van der Waals surface area contributed by atoms with E-state index in [1.54, 1.807) is 47.2 Å². The van der Waals surface area contributed by atoms with Gasteiger partial charge in [-0.25, -0.2) is 0 Å². The topological polar surface area (TPSA) is 0 Å². The first-order valence-corrected chi connectivity index (χ1v) is 24.4. The molecule has 0 saturated carbocycles. The molecule has 0 bridgehead atoms. The predicted octanol–water partition coefficient (Wildman–Crippen LogP) is 12.8. The summed E-state index contributed by atoms with van der Waals surface area (Å²) < 4.78 is 1.80. The molecule has 0 aromatic heterocycles. The molecule has 1 fully saturated rings. The quantitative estimate of drug-likeness (QED) is 0.111. The van der Waals surface area contributed by atoms with Crippen LogP contribution in [0.1, 0.15) is 100 Å². The average Bonchev–Trinajstić information content (AvgIpc) is 3.85. The molecule has 0 N–H and O–H groups in total. The summed E-state index contributed by atoms with van der Waals surface area (Å²) in [6.07, 6.45) is 13.5. The van der Waals surface area contributed by atoms with Gasteiger partial charge in [0, 0.05) is 9.52 Å². The average molecular weight is 787 g/mol. The molecule has 4 aromatic rings. The fourth-order valence-corrected chi connectivity index (χ4v) is 19.9. The van der Waals surface area contributed by atoms with Gasteiger partial charge in [0.2, 0.25) is 0 Å². The molecule has 1 aliphatic heterocycles. The van der Waals surface area contributed by atoms with Gasteiger partial charge in [-0.15, -0.1) is 0 Å². The summed E-state index contributed by atoms with van der Waals surface area (Å²) in [5.74, 6) is 1.00. The third-order valence-electron chi connectivity index (χ3n) is 10.7. The molecule has 7 rings (SSSR count). The van der Waals surface area contributed by atoms with Crippen LogP contribution in [0.5, 0.6) is 0 Å². The summed E-state index contributed by atoms with van der Waals surface area (Å²) >= 11 is -1.11. The van der Waals surface area contributed by atoms with Crippen molar-refractivity contribution in [3.63, 3.8) is 0 Å². The fraction of sp³-hybridized carbons (Fsp3) is 0.364. The second kappa shape index (κ2) is 15.6. The summed E-state index contributed by atoms with van der Waals surface area (Å²) in [5.41, 5.74) is 14.7. The molecule has 2 heteroatoms. The first-order chi connectivity index (χ1) is 22.6. The second-order valence-electron chi connectivity index (χ2n) is 13.8. The van der Waals surface area contributed by atoms with Crippen LogP contribution >= 0.6 is 0 Å². The van der Waals surface area contributed by atoms with Crippen molar-refractivity contribution in [3.8, 4) is 22.3 Å². The van der Waals surface area contributed by atoms with Crippen LogP contribution in [0, 0.1) is 0 Å². The van der Waals surface area contributed by atoms with Crippen LogP contribution in [0.2, 0.25) is 19.4 Å². The van der Waals surface area contributed by atoms with Gasteiger partial charge in [0.25, 0.3) is 0 Å². The Labute approximate surface area is 293 Å². The standard InChI is InChI=1S/C36H33.C4H10Si.C4H9.Hf/c1-4-13-32(35-24(2)22-33-28(18-11-20-30(33)35)26-14-7-5-8-15-26)36-25(3)23-34-29(19-12-21-31(34)36)27-16-9-6-10-17-27;1-2-4-5-3-1;1-3-4-2;/h5-12,14-23,35-36H,4,13H2,1-3H3;1-5H2;1,3-4H2,2H3;. The summed E-state index contributed by atoms with van der Waals surface area (Å²) in [4.78, 5) is 0. The Kier molecular flexibility index (Phi) is 11.3. The van der Waals surface area contributed by atoms with Crippen molar-refractivity contribution < 1.29 is 22.9 Å². The van der Waals surface area contributed by atoms with Crippen LogP contribution in [0.4, 0.5) is 0 Å². The molecule has 0 spiro atoms. The van der Waals surface area contributed by atoms with E-state index in [1.165, 1.54) is 63.2 Å². The molecule has 2 unspecified atom stereocenters. The number of allylic oxidation sites excluding steroid dienone is 2. The molecule has 1 saturated heterocycles. The minimum atomic E-state index is -1.11. The van der Waals surface area contributed by atoms with Crippen LogP contribution in [0.3, 0.4) is 0 Å². The molecule has 1 heterocycles. The van der Waals surface area contributed by atoms with E-state index >= 15 is 0 Å². The van der Waals surface area contributed by atoms with Crippen molar-refractivity contribution in [1.82, 2.24) is 0 Å². The van der Waals surface area contributed by atoms with Crippen LogP contribution < -0.4 is 0 Å². The van der Waals surface area contributed by atoms with Gasteiger partial charge in [0.05, 0.1) is 0 Å². The number of benzene rings is 4. The number of fused-ring (bicyclic) bond motifs is 2. The fourth-order valence-electron chi connectivity index (χ4n) is 8.75. The molecule has 2 atom stereocenters. The molecule has 0 amide bonds. The summed E-state index contributed by atoms with van der Waals surface area (Å²) in [6, 6.07) is 39.6. The first kappa shape index (κ1) is 33.4. The Balaban J connectivity index is 0.000000679. The Hall–Kier alpha value is -2.55. The van der Waals surface area contributed by atoms with Crippen molar-refractivity contribution in [2.24, 2.45) is 0 Å². The molecule has 3 aliphatic rings. The Morgan fingerprint density at radius 2 is 1.13 bits per heavy atom. The van der Waals surface area contributed by atoms with Gasteiger partial charge < -0.3 is 0 Å². The molecule has 0 nitrogen and oxygen atoms in total. The molecule has 2 aliphatic carbocycles. The summed E-state index contributed by atoms with van der Waals surface area (Å²) in [5, 5.41) is 0. The number of hydrogen-bond donors (Lipinski definition) is 0. The zero-order chi connectivity index (χ0) is 31.9. The number of hydrogen-bond acceptors (Lipinski definition) is 0. The van der Waals surface area contributed by atoms with Gasteiger partial charge in [-0.05, 0) is 0 Å². The van der Waals surface area contributed by atoms with E-state index in [2.05, 4.69) is 137 Å². The molecule has 46 heavy (non-hydrogen) atoms. The maximum absolute atomic E-state index is 2.56. The van der Waals surface area contributed by atoms with Gasteiger partial charge in [-0.1, -0.05) is 24.9 Å². The molecule has 0 radical (unpaired) electrons. The zero-order valence-corrected chi connectivity index (χ0v) is 33.6. The monoisotopic (exact) mass is 788 g/mol. The van der Waals surface area contributed by atoms with Gasteiger partial charge >= 0.3 is 260 Å². The van der Waals surface area contributed by atoms with E-state index in [0.717, 1.165) is 0 Å². The van der Waals surface area contributed by atoms with E-state index in [-0.39, 0.29) is 0 Å². The summed E-state index contributed by atoms with van der Waals surface area (Å²) in [7, 11) is 0.543. The van der Waals surface area contributed by atoms with Crippen molar-refractivity contribution in [2.45, 2.75) is 97.5 Å². The Morgan fingerprint density at radius 3 is 1.54 bits per heavy atom.